The van der Waals surface area contributed by atoms with Crippen LogP contribution in [0.5, 0.6) is 0 Å². The molecule has 0 aliphatic carbocycles. The molecule has 2 rings (SSSR count). The largest absolute Gasteiger partial charge is 0.352 e. The first-order valence-electron chi connectivity index (χ1n) is 4.64. The Morgan fingerprint density at radius 2 is 1.50 bits per heavy atom. The third-order valence-corrected chi connectivity index (χ3v) is 3.67. The van der Waals surface area contributed by atoms with E-state index >= 15 is 0 Å². The minimum Gasteiger partial charge on any atom is -0.352 e. The number of nitrogens with one attached hydrogen (secondary N) is 1. The highest BCUT2D eigenvalue weighted by Crippen LogP contribution is 2.33. The van der Waals surface area contributed by atoms with Crippen molar-refractivity contribution in [2.24, 2.45) is 0 Å². The molecule has 0 heterocycles. The van der Waals surface area contributed by atoms with Gasteiger partial charge in [-0.15, -0.1) is 0 Å². The molecule has 0 aromatic heterocycles. The number of hydrogen-bond acceptors (Lipinski definition) is 1. The molecular weight excluding hydrogens is 356 g/mol. The highest BCUT2D eigenvalue weighted by Gasteiger charge is 2.06. The van der Waals surface area contributed by atoms with Gasteiger partial charge in [0, 0.05) is 3.57 Å². The summed E-state index contributed by atoms with van der Waals surface area (Å²) >= 11 is 14.4. The van der Waals surface area contributed by atoms with Crippen LogP contribution in [-0.2, 0) is 0 Å². The van der Waals surface area contributed by atoms with Crippen LogP contribution in [0.15, 0.2) is 42.5 Å². The first-order valence-corrected chi connectivity index (χ1v) is 6.47. The van der Waals surface area contributed by atoms with Crippen molar-refractivity contribution in [3.63, 3.8) is 0 Å². The summed E-state index contributed by atoms with van der Waals surface area (Å²) in [6.07, 6.45) is 0. The van der Waals surface area contributed by atoms with Crippen LogP contribution in [0.2, 0.25) is 10.0 Å². The van der Waals surface area contributed by atoms with Gasteiger partial charge in [0.1, 0.15) is 0 Å². The molecule has 0 saturated carbocycles. The van der Waals surface area contributed by atoms with Crippen LogP contribution >= 0.6 is 45.8 Å². The van der Waals surface area contributed by atoms with Crippen LogP contribution in [0.25, 0.3) is 0 Å². The van der Waals surface area contributed by atoms with E-state index in [0.29, 0.717) is 10.0 Å². The molecule has 1 nitrogen and oxygen atoms in total. The Balaban J connectivity index is 2.38. The third-order valence-electron chi connectivity index (χ3n) is 2.10. The SMILES string of the molecule is Clc1cccc(Cl)c1Nc1ccccc1I. The van der Waals surface area contributed by atoms with Gasteiger partial charge in [-0.3, -0.25) is 0 Å². The third kappa shape index (κ3) is 2.62. The fraction of sp³-hybridized carbons (Fsp3) is 0. The maximum Gasteiger partial charge on any atom is 0.0763 e. The molecule has 2 aromatic carbocycles. The Bertz CT molecular complexity index is 494. The molecule has 4 heteroatoms. The molecule has 0 aliphatic heterocycles. The first-order chi connectivity index (χ1) is 7.68. The standard InChI is InChI=1S/C12H8Cl2IN/c13-8-4-3-5-9(14)12(8)16-11-7-2-1-6-10(11)15/h1-7,16H. The van der Waals surface area contributed by atoms with Gasteiger partial charge in [0.05, 0.1) is 21.4 Å². The second-order valence-electron chi connectivity index (χ2n) is 3.20. The van der Waals surface area contributed by atoms with Gasteiger partial charge < -0.3 is 5.32 Å². The second-order valence-corrected chi connectivity index (χ2v) is 5.18. The fourth-order valence-electron chi connectivity index (χ4n) is 1.31. The molecule has 0 saturated heterocycles. The van der Waals surface area contributed by atoms with Crippen molar-refractivity contribution in [1.29, 1.82) is 0 Å². The van der Waals surface area contributed by atoms with Gasteiger partial charge in [-0.25, -0.2) is 0 Å². The minimum atomic E-state index is 0.618. The summed E-state index contributed by atoms with van der Waals surface area (Å²) in [7, 11) is 0. The molecule has 82 valence electrons. The zero-order valence-electron chi connectivity index (χ0n) is 8.18. The van der Waals surface area contributed by atoms with Crippen molar-refractivity contribution >= 4 is 57.2 Å². The molecule has 0 fully saturated rings. The maximum absolute atomic E-state index is 6.08. The van der Waals surface area contributed by atoms with Crippen LogP contribution in [-0.4, -0.2) is 0 Å². The Kier molecular flexibility index (Phi) is 3.95. The van der Waals surface area contributed by atoms with E-state index in [1.165, 1.54) is 0 Å². The summed E-state index contributed by atoms with van der Waals surface area (Å²) in [6.45, 7) is 0. The quantitative estimate of drug-likeness (QED) is 0.710. The van der Waals surface area contributed by atoms with E-state index in [9.17, 15) is 0 Å². The van der Waals surface area contributed by atoms with E-state index < -0.39 is 0 Å². The summed E-state index contributed by atoms with van der Waals surface area (Å²) in [6, 6.07) is 13.4. The molecule has 1 N–H and O–H groups in total. The number of rotatable bonds is 2. The monoisotopic (exact) mass is 363 g/mol. The second kappa shape index (κ2) is 5.25. The molecule has 0 spiro atoms. The number of anilines is 2. The van der Waals surface area contributed by atoms with E-state index in [-0.39, 0.29) is 0 Å². The van der Waals surface area contributed by atoms with Gasteiger partial charge in [0.2, 0.25) is 0 Å². The number of hydrogen-bond donors (Lipinski definition) is 1. The molecule has 0 radical (unpaired) electrons. The van der Waals surface area contributed by atoms with Crippen molar-refractivity contribution in [2.75, 3.05) is 5.32 Å². The highest BCUT2D eigenvalue weighted by molar-refractivity contribution is 14.1. The Labute approximate surface area is 118 Å². The van der Waals surface area contributed by atoms with Crippen molar-refractivity contribution < 1.29 is 0 Å². The summed E-state index contributed by atoms with van der Waals surface area (Å²) in [5.41, 5.74) is 1.74. The highest BCUT2D eigenvalue weighted by atomic mass is 127. The normalized spacial score (nSPS) is 10.2. The van der Waals surface area contributed by atoms with Gasteiger partial charge in [-0.2, -0.15) is 0 Å². The van der Waals surface area contributed by atoms with E-state index in [2.05, 4.69) is 27.9 Å². The van der Waals surface area contributed by atoms with Gasteiger partial charge in [0.25, 0.3) is 0 Å². The maximum atomic E-state index is 6.08. The zero-order chi connectivity index (χ0) is 11.5. The summed E-state index contributed by atoms with van der Waals surface area (Å²) in [4.78, 5) is 0. The lowest BCUT2D eigenvalue weighted by Gasteiger charge is -2.11. The molecule has 2 aromatic rings. The lowest BCUT2D eigenvalue weighted by molar-refractivity contribution is 1.52. The molecular formula is C12H8Cl2IN. The fourth-order valence-corrected chi connectivity index (χ4v) is 2.33. The Morgan fingerprint density at radius 1 is 0.875 bits per heavy atom. The Hall–Kier alpha value is -0.450. The number of para-hydroxylation sites is 2. The smallest absolute Gasteiger partial charge is 0.0763 e. The van der Waals surface area contributed by atoms with E-state index in [1.807, 2.05) is 42.5 Å². The van der Waals surface area contributed by atoms with E-state index in [1.54, 1.807) is 0 Å². The van der Waals surface area contributed by atoms with Crippen LogP contribution in [0, 0.1) is 3.57 Å². The van der Waals surface area contributed by atoms with Crippen LogP contribution < -0.4 is 5.32 Å². The number of halogens is 3. The minimum absolute atomic E-state index is 0.618. The van der Waals surface area contributed by atoms with E-state index in [4.69, 9.17) is 23.2 Å². The average Bonchev–Trinajstić information content (AvgIpc) is 2.26. The lowest BCUT2D eigenvalue weighted by Crippen LogP contribution is -1.94. The van der Waals surface area contributed by atoms with Crippen molar-refractivity contribution in [1.82, 2.24) is 0 Å². The zero-order valence-corrected chi connectivity index (χ0v) is 11.8. The molecule has 16 heavy (non-hydrogen) atoms. The van der Waals surface area contributed by atoms with Crippen LogP contribution in [0.4, 0.5) is 11.4 Å². The van der Waals surface area contributed by atoms with Crippen molar-refractivity contribution in [2.45, 2.75) is 0 Å². The van der Waals surface area contributed by atoms with Crippen molar-refractivity contribution in [3.05, 3.63) is 56.1 Å². The molecule has 0 atom stereocenters. The van der Waals surface area contributed by atoms with Gasteiger partial charge in [0.15, 0.2) is 0 Å². The van der Waals surface area contributed by atoms with Crippen LogP contribution in [0.3, 0.4) is 0 Å². The molecule has 0 aliphatic rings. The average molecular weight is 364 g/mol. The topological polar surface area (TPSA) is 12.0 Å². The summed E-state index contributed by atoms with van der Waals surface area (Å²) < 4.78 is 1.12. The van der Waals surface area contributed by atoms with E-state index in [0.717, 1.165) is 14.9 Å². The van der Waals surface area contributed by atoms with Gasteiger partial charge in [-0.05, 0) is 46.9 Å². The molecule has 0 bridgehead atoms. The summed E-state index contributed by atoms with van der Waals surface area (Å²) in [5.74, 6) is 0. The Morgan fingerprint density at radius 3 is 2.12 bits per heavy atom. The summed E-state index contributed by atoms with van der Waals surface area (Å²) in [5, 5.41) is 4.47. The van der Waals surface area contributed by atoms with Crippen LogP contribution in [0.1, 0.15) is 0 Å². The predicted octanol–water partition coefficient (Wildman–Crippen LogP) is 5.34. The molecule has 0 amide bonds. The predicted molar refractivity (Wildman–Crippen MR) is 78.9 cm³/mol. The van der Waals surface area contributed by atoms with Crippen molar-refractivity contribution in [3.8, 4) is 0 Å². The van der Waals surface area contributed by atoms with Gasteiger partial charge >= 0.3 is 0 Å². The van der Waals surface area contributed by atoms with Gasteiger partial charge in [-0.1, -0.05) is 41.4 Å². The molecule has 0 unspecified atom stereocenters. The lowest BCUT2D eigenvalue weighted by atomic mass is 10.2. The number of benzene rings is 2. The first kappa shape index (κ1) is 12.0.